The average Bonchev–Trinajstić information content (AvgIpc) is 3.13. The quantitative estimate of drug-likeness (QED) is 0.770. The van der Waals surface area contributed by atoms with E-state index in [0.717, 1.165) is 11.1 Å². The minimum Gasteiger partial charge on any atom is -0.336 e. The van der Waals surface area contributed by atoms with E-state index in [1.54, 1.807) is 39.1 Å². The number of nitrogens with zero attached hydrogens (tertiary/aromatic N) is 3. The van der Waals surface area contributed by atoms with E-state index >= 15 is 0 Å². The molecule has 0 unspecified atom stereocenters. The summed E-state index contributed by atoms with van der Waals surface area (Å²) in [5.74, 6) is -0.965. The van der Waals surface area contributed by atoms with Gasteiger partial charge in [-0.1, -0.05) is 61.9 Å². The lowest BCUT2D eigenvalue weighted by Crippen LogP contribution is -2.40. The Kier molecular flexibility index (Phi) is 6.11. The van der Waals surface area contributed by atoms with Gasteiger partial charge in [0.25, 0.3) is 5.91 Å². The summed E-state index contributed by atoms with van der Waals surface area (Å²) in [5, 5.41) is 5.88. The number of benzene rings is 2. The van der Waals surface area contributed by atoms with Crippen molar-refractivity contribution in [3.63, 3.8) is 0 Å². The van der Waals surface area contributed by atoms with Crippen molar-refractivity contribution in [2.24, 2.45) is 11.0 Å². The average molecular weight is 395 g/mol. The molecule has 0 spiro atoms. The fourth-order valence-electron chi connectivity index (χ4n) is 3.44. The Morgan fingerprint density at radius 1 is 1.17 bits per heavy atom. The molecule has 0 N–H and O–H groups in total. The lowest BCUT2D eigenvalue weighted by Gasteiger charge is -2.25. The minimum absolute atomic E-state index is 0.0760. The molecule has 5 nitrogen and oxygen atoms in total. The Balaban J connectivity index is 1.91. The molecule has 0 aliphatic carbocycles. The van der Waals surface area contributed by atoms with Crippen LogP contribution in [0.5, 0.6) is 0 Å². The minimum atomic E-state index is -0.365. The number of carbonyl (C=O) groups is 2. The van der Waals surface area contributed by atoms with Crippen LogP contribution in [0.1, 0.15) is 43.0 Å². The molecule has 0 aromatic heterocycles. The summed E-state index contributed by atoms with van der Waals surface area (Å²) in [4.78, 5) is 26.6. The lowest BCUT2D eigenvalue weighted by atomic mass is 9.97. The highest BCUT2D eigenvalue weighted by Gasteiger charge is 2.34. The molecule has 6 heteroatoms. The van der Waals surface area contributed by atoms with Crippen LogP contribution in [0.3, 0.4) is 0 Å². The van der Waals surface area contributed by atoms with E-state index in [4.69, 9.17) is 0 Å². The molecule has 2 aromatic rings. The van der Waals surface area contributed by atoms with Crippen molar-refractivity contribution >= 4 is 17.5 Å². The predicted molar refractivity (Wildman–Crippen MR) is 111 cm³/mol. The van der Waals surface area contributed by atoms with Crippen LogP contribution in [0, 0.1) is 18.7 Å². The molecule has 1 atom stereocenters. The number of rotatable bonds is 5. The van der Waals surface area contributed by atoms with Crippen LogP contribution in [0.2, 0.25) is 0 Å². The Morgan fingerprint density at radius 3 is 2.45 bits per heavy atom. The maximum absolute atomic E-state index is 14.3. The van der Waals surface area contributed by atoms with Gasteiger partial charge in [-0.05, 0) is 18.6 Å². The van der Waals surface area contributed by atoms with E-state index in [9.17, 15) is 14.0 Å². The molecule has 152 valence electrons. The maximum Gasteiger partial charge on any atom is 0.262 e. The van der Waals surface area contributed by atoms with Crippen molar-refractivity contribution < 1.29 is 14.0 Å². The van der Waals surface area contributed by atoms with Crippen LogP contribution in [0.25, 0.3) is 0 Å². The Labute approximate surface area is 170 Å². The smallest absolute Gasteiger partial charge is 0.262 e. The third-order valence-corrected chi connectivity index (χ3v) is 5.06. The van der Waals surface area contributed by atoms with Gasteiger partial charge in [0.1, 0.15) is 12.4 Å². The number of amides is 2. The van der Waals surface area contributed by atoms with E-state index in [1.807, 2.05) is 31.2 Å². The summed E-state index contributed by atoms with van der Waals surface area (Å²) in [5.41, 5.74) is 2.96. The van der Waals surface area contributed by atoms with Crippen LogP contribution >= 0.6 is 0 Å². The van der Waals surface area contributed by atoms with Gasteiger partial charge >= 0.3 is 0 Å². The topological polar surface area (TPSA) is 53.0 Å². The zero-order valence-electron chi connectivity index (χ0n) is 17.2. The molecule has 0 fully saturated rings. The number of hydrogen-bond acceptors (Lipinski definition) is 3. The largest absolute Gasteiger partial charge is 0.336 e. The van der Waals surface area contributed by atoms with Gasteiger partial charge in [-0.3, -0.25) is 9.59 Å². The standard InChI is InChI=1S/C23H26FN3O2/c1-15(2)23(29)26(4)14-22(28)27-21(17-11-9-16(3)10-12-17)13-20(25-27)18-7-5-6-8-19(18)24/h5-12,15,21H,13-14H2,1-4H3/t21-/m0/s1. The van der Waals surface area contributed by atoms with Gasteiger partial charge in [0, 0.05) is 24.9 Å². The molecule has 1 aliphatic heterocycles. The zero-order valence-corrected chi connectivity index (χ0v) is 17.2. The number of carbonyl (C=O) groups excluding carboxylic acids is 2. The van der Waals surface area contributed by atoms with Crippen molar-refractivity contribution in [2.45, 2.75) is 33.2 Å². The molecule has 0 bridgehead atoms. The highest BCUT2D eigenvalue weighted by atomic mass is 19.1. The second-order valence-electron chi connectivity index (χ2n) is 7.74. The summed E-state index contributed by atoms with van der Waals surface area (Å²) in [6.07, 6.45) is 0.414. The first-order chi connectivity index (χ1) is 13.8. The van der Waals surface area contributed by atoms with Crippen LogP contribution in [0.4, 0.5) is 4.39 Å². The first kappa shape index (κ1) is 20.7. The first-order valence-corrected chi connectivity index (χ1v) is 9.74. The summed E-state index contributed by atoms with van der Waals surface area (Å²) in [7, 11) is 1.61. The van der Waals surface area contributed by atoms with Gasteiger partial charge in [0.15, 0.2) is 0 Å². The van der Waals surface area contributed by atoms with E-state index < -0.39 is 0 Å². The van der Waals surface area contributed by atoms with Crippen LogP contribution in [-0.2, 0) is 9.59 Å². The van der Waals surface area contributed by atoms with Gasteiger partial charge in [-0.2, -0.15) is 5.10 Å². The molecule has 3 rings (SSSR count). The van der Waals surface area contributed by atoms with Gasteiger partial charge in [-0.25, -0.2) is 9.40 Å². The summed E-state index contributed by atoms with van der Waals surface area (Å²) < 4.78 is 14.3. The molecule has 2 aromatic carbocycles. The van der Waals surface area contributed by atoms with Crippen molar-refractivity contribution in [3.8, 4) is 0 Å². The Hall–Kier alpha value is -3.02. The molecule has 0 radical (unpaired) electrons. The number of aryl methyl sites for hydroxylation is 1. The fraction of sp³-hybridized carbons (Fsp3) is 0.348. The third-order valence-electron chi connectivity index (χ3n) is 5.06. The van der Waals surface area contributed by atoms with Crippen molar-refractivity contribution in [1.82, 2.24) is 9.91 Å². The molecule has 1 heterocycles. The van der Waals surface area contributed by atoms with Gasteiger partial charge in [0.05, 0.1) is 11.8 Å². The molecule has 0 saturated carbocycles. The van der Waals surface area contributed by atoms with Crippen LogP contribution < -0.4 is 0 Å². The van der Waals surface area contributed by atoms with Gasteiger partial charge in [0.2, 0.25) is 5.91 Å². The molecule has 29 heavy (non-hydrogen) atoms. The number of halogens is 1. The normalized spacial score (nSPS) is 16.1. The summed E-state index contributed by atoms with van der Waals surface area (Å²) in [6, 6.07) is 14.0. The molecule has 1 aliphatic rings. The van der Waals surface area contributed by atoms with Crippen molar-refractivity contribution in [1.29, 1.82) is 0 Å². The van der Waals surface area contributed by atoms with Crippen LogP contribution in [0.15, 0.2) is 53.6 Å². The summed E-state index contributed by atoms with van der Waals surface area (Å²) in [6.45, 7) is 5.51. The third kappa shape index (κ3) is 4.53. The number of hydrogen-bond donors (Lipinski definition) is 0. The van der Waals surface area contributed by atoms with Crippen LogP contribution in [-0.4, -0.2) is 41.0 Å². The first-order valence-electron chi connectivity index (χ1n) is 9.74. The lowest BCUT2D eigenvalue weighted by molar-refractivity contribution is -0.142. The monoisotopic (exact) mass is 395 g/mol. The number of likely N-dealkylation sites (N-methyl/N-ethyl adjacent to an activating group) is 1. The van der Waals surface area contributed by atoms with Crippen molar-refractivity contribution in [2.75, 3.05) is 13.6 Å². The highest BCUT2D eigenvalue weighted by Crippen LogP contribution is 2.33. The summed E-state index contributed by atoms with van der Waals surface area (Å²) >= 11 is 0. The maximum atomic E-state index is 14.3. The second kappa shape index (κ2) is 8.55. The van der Waals surface area contributed by atoms with Gasteiger partial charge in [-0.15, -0.1) is 0 Å². The Bertz CT molecular complexity index is 937. The van der Waals surface area contributed by atoms with E-state index in [-0.39, 0.29) is 36.1 Å². The van der Waals surface area contributed by atoms with E-state index in [0.29, 0.717) is 17.7 Å². The highest BCUT2D eigenvalue weighted by molar-refractivity contribution is 6.03. The zero-order chi connectivity index (χ0) is 21.1. The van der Waals surface area contributed by atoms with E-state index in [2.05, 4.69) is 5.10 Å². The second-order valence-corrected chi connectivity index (χ2v) is 7.74. The molecular formula is C23H26FN3O2. The fourth-order valence-corrected chi connectivity index (χ4v) is 3.44. The molecule has 0 saturated heterocycles. The van der Waals surface area contributed by atoms with E-state index in [1.165, 1.54) is 16.0 Å². The SMILES string of the molecule is Cc1ccc([C@@H]2CC(c3ccccc3F)=NN2C(=O)CN(C)C(=O)C(C)C)cc1. The molecular weight excluding hydrogens is 369 g/mol. The van der Waals surface area contributed by atoms with Crippen molar-refractivity contribution in [3.05, 3.63) is 71.0 Å². The molecule has 2 amide bonds. The Morgan fingerprint density at radius 2 is 1.83 bits per heavy atom. The number of hydrazone groups is 1. The predicted octanol–water partition coefficient (Wildman–Crippen LogP) is 3.93. The van der Waals surface area contributed by atoms with Gasteiger partial charge < -0.3 is 4.90 Å².